The Balaban J connectivity index is 0. The van der Waals surface area contributed by atoms with Crippen LogP contribution in [0, 0.1) is 20.9 Å². The van der Waals surface area contributed by atoms with Gasteiger partial charge in [-0.2, -0.15) is 23.6 Å². The van der Waals surface area contributed by atoms with Crippen molar-refractivity contribution >= 4 is 10.8 Å². The summed E-state index contributed by atoms with van der Waals surface area (Å²) in [7, 11) is 0. The average Bonchev–Trinajstić information content (AvgIpc) is 2.92. The van der Waals surface area contributed by atoms with Gasteiger partial charge in [0.05, 0.1) is 0 Å². The number of hydrogen-bond acceptors (Lipinski definition) is 0. The zero-order valence-electron chi connectivity index (χ0n) is 10.5. The third-order valence-corrected chi connectivity index (χ3v) is 2.13. The topological polar surface area (TPSA) is 0 Å². The molecule has 0 aromatic heterocycles. The van der Waals surface area contributed by atoms with Crippen LogP contribution in [0.1, 0.15) is 6.42 Å². The van der Waals surface area contributed by atoms with Crippen LogP contribution in [0.4, 0.5) is 0 Å². The molecule has 1 heteroatoms. The standard InChI is InChI=1S/C9H7.C5H5.2CH3.Zr/c1-2-5-9-7-3-6-8(9)4-1;1-2-4-5-3-1;;;/h1-7H;1-3H,4H2;2*1H3;/q4*-1;+4. The van der Waals surface area contributed by atoms with Crippen molar-refractivity contribution in [2.75, 3.05) is 0 Å². The molecular formula is C16H18Zr. The maximum absolute atomic E-state index is 2.99. The van der Waals surface area contributed by atoms with E-state index >= 15 is 0 Å². The Bertz CT molecular complexity index is 409. The molecule has 1 aliphatic rings. The molecule has 0 spiro atoms. The van der Waals surface area contributed by atoms with Crippen molar-refractivity contribution in [2.24, 2.45) is 0 Å². The molecule has 0 unspecified atom stereocenters. The van der Waals surface area contributed by atoms with Crippen molar-refractivity contribution in [3.63, 3.8) is 0 Å². The Hall–Kier alpha value is -0.807. The largest absolute Gasteiger partial charge is 4.00 e. The van der Waals surface area contributed by atoms with Crippen LogP contribution >= 0.6 is 0 Å². The van der Waals surface area contributed by atoms with Gasteiger partial charge >= 0.3 is 26.2 Å². The van der Waals surface area contributed by atoms with Gasteiger partial charge in [0, 0.05) is 0 Å². The van der Waals surface area contributed by atoms with Crippen molar-refractivity contribution < 1.29 is 26.2 Å². The van der Waals surface area contributed by atoms with Gasteiger partial charge in [0.1, 0.15) is 0 Å². The third-order valence-electron chi connectivity index (χ3n) is 2.13. The van der Waals surface area contributed by atoms with Crippen molar-refractivity contribution in [3.8, 4) is 0 Å². The van der Waals surface area contributed by atoms with Gasteiger partial charge in [-0.15, -0.1) is 36.1 Å². The van der Waals surface area contributed by atoms with Gasteiger partial charge in [-0.1, -0.05) is 6.07 Å². The molecule has 3 rings (SSSR count). The van der Waals surface area contributed by atoms with Crippen LogP contribution in [0.2, 0.25) is 0 Å². The van der Waals surface area contributed by atoms with E-state index in [9.17, 15) is 0 Å². The van der Waals surface area contributed by atoms with Crippen molar-refractivity contribution in [2.45, 2.75) is 6.42 Å². The smallest absolute Gasteiger partial charge is 0.358 e. The molecule has 0 nitrogen and oxygen atoms in total. The second kappa shape index (κ2) is 10.4. The molecule has 86 valence electrons. The van der Waals surface area contributed by atoms with Crippen LogP contribution in [-0.4, -0.2) is 0 Å². The van der Waals surface area contributed by atoms with Gasteiger partial charge in [0.15, 0.2) is 0 Å². The zero-order chi connectivity index (χ0) is 9.64. The third kappa shape index (κ3) is 5.89. The minimum absolute atomic E-state index is 0. The fraction of sp³-hybridized carbons (Fsp3) is 0.0625. The number of benzene rings is 1. The monoisotopic (exact) mass is 300 g/mol. The average molecular weight is 302 g/mol. The van der Waals surface area contributed by atoms with E-state index < -0.39 is 0 Å². The van der Waals surface area contributed by atoms with E-state index in [1.54, 1.807) is 0 Å². The summed E-state index contributed by atoms with van der Waals surface area (Å²) >= 11 is 0. The van der Waals surface area contributed by atoms with Gasteiger partial charge in [0.2, 0.25) is 0 Å². The molecule has 0 aliphatic heterocycles. The molecule has 0 saturated heterocycles. The van der Waals surface area contributed by atoms with E-state index in [-0.39, 0.29) is 41.1 Å². The van der Waals surface area contributed by atoms with E-state index in [4.69, 9.17) is 0 Å². The van der Waals surface area contributed by atoms with Gasteiger partial charge < -0.3 is 14.9 Å². The first-order valence-electron chi connectivity index (χ1n) is 4.79. The van der Waals surface area contributed by atoms with E-state index in [0.29, 0.717) is 0 Å². The van der Waals surface area contributed by atoms with Crippen molar-refractivity contribution in [1.29, 1.82) is 0 Å². The van der Waals surface area contributed by atoms with E-state index in [1.165, 1.54) is 10.8 Å². The van der Waals surface area contributed by atoms with Crippen LogP contribution in [0.25, 0.3) is 10.8 Å². The molecule has 17 heavy (non-hydrogen) atoms. The summed E-state index contributed by atoms with van der Waals surface area (Å²) in [6, 6.07) is 14.7. The Morgan fingerprint density at radius 3 is 2.35 bits per heavy atom. The number of hydrogen-bond donors (Lipinski definition) is 0. The van der Waals surface area contributed by atoms with Crippen LogP contribution < -0.4 is 0 Å². The SMILES string of the molecule is [C-]1=CC=CC1.[CH3-].[CH3-].[Zr+4].c1ccc2[cH-]ccc2c1. The van der Waals surface area contributed by atoms with Gasteiger partial charge in [0.25, 0.3) is 0 Å². The molecule has 0 heterocycles. The van der Waals surface area contributed by atoms with Crippen molar-refractivity contribution in [1.82, 2.24) is 0 Å². The molecule has 0 fully saturated rings. The summed E-state index contributed by atoms with van der Waals surface area (Å²) in [4.78, 5) is 0. The summed E-state index contributed by atoms with van der Waals surface area (Å²) < 4.78 is 0. The van der Waals surface area contributed by atoms with E-state index in [1.807, 2.05) is 12.2 Å². The Morgan fingerprint density at radius 1 is 1.06 bits per heavy atom. The molecule has 0 N–H and O–H groups in total. The first-order chi connectivity index (χ1) is 6.97. The fourth-order valence-electron chi connectivity index (χ4n) is 1.41. The zero-order valence-corrected chi connectivity index (χ0v) is 12.9. The minimum atomic E-state index is 0. The Morgan fingerprint density at radius 2 is 1.82 bits per heavy atom. The fourth-order valence-corrected chi connectivity index (χ4v) is 1.41. The summed E-state index contributed by atoms with van der Waals surface area (Å²) in [5.74, 6) is 0. The predicted octanol–water partition coefficient (Wildman–Crippen LogP) is 4.76. The predicted molar refractivity (Wildman–Crippen MR) is 73.9 cm³/mol. The molecule has 0 atom stereocenters. The Labute approximate surface area is 125 Å². The van der Waals surface area contributed by atoms with Gasteiger partial charge in [-0.3, -0.25) is 6.08 Å². The second-order valence-electron chi connectivity index (χ2n) is 3.16. The molecular weight excluding hydrogens is 283 g/mol. The summed E-state index contributed by atoms with van der Waals surface area (Å²) in [6.07, 6.45) is 10.0. The number of fused-ring (bicyclic) bond motifs is 1. The number of rotatable bonds is 0. The van der Waals surface area contributed by atoms with Gasteiger partial charge in [-0.05, 0) is 0 Å². The molecule has 2 aromatic carbocycles. The van der Waals surface area contributed by atoms with Crippen LogP contribution in [-0.2, 0) is 26.2 Å². The maximum Gasteiger partial charge on any atom is 4.00 e. The molecule has 0 radical (unpaired) electrons. The molecule has 0 saturated carbocycles. The maximum atomic E-state index is 2.99. The van der Waals surface area contributed by atoms with Crippen molar-refractivity contribution in [3.05, 3.63) is 81.6 Å². The molecule has 1 aliphatic carbocycles. The van der Waals surface area contributed by atoms with E-state index in [0.717, 1.165) is 6.42 Å². The molecule has 0 amide bonds. The second-order valence-corrected chi connectivity index (χ2v) is 3.16. The Kier molecular flexibility index (Phi) is 11.3. The van der Waals surface area contributed by atoms with Gasteiger partial charge in [-0.25, -0.2) is 12.2 Å². The summed E-state index contributed by atoms with van der Waals surface area (Å²) in [5, 5.41) is 2.66. The summed E-state index contributed by atoms with van der Waals surface area (Å²) in [6.45, 7) is 0. The summed E-state index contributed by atoms with van der Waals surface area (Å²) in [5.41, 5.74) is 0. The quantitative estimate of drug-likeness (QED) is 0.615. The normalized spacial score (nSPS) is 10.6. The first-order valence-corrected chi connectivity index (χ1v) is 4.79. The minimum Gasteiger partial charge on any atom is -0.358 e. The van der Waals surface area contributed by atoms with Crippen LogP contribution in [0.5, 0.6) is 0 Å². The molecule has 2 aromatic rings. The molecule has 0 bridgehead atoms. The van der Waals surface area contributed by atoms with Crippen LogP contribution in [0.15, 0.2) is 60.7 Å². The number of allylic oxidation sites excluding steroid dienone is 4. The first kappa shape index (κ1) is 18.6. The van der Waals surface area contributed by atoms with E-state index in [2.05, 4.69) is 54.6 Å². The van der Waals surface area contributed by atoms with Crippen LogP contribution in [0.3, 0.4) is 0 Å².